The summed E-state index contributed by atoms with van der Waals surface area (Å²) < 4.78 is 29.6. The van der Waals surface area contributed by atoms with E-state index in [1.807, 2.05) is 4.90 Å². The molecule has 0 radical (unpaired) electrons. The molecule has 0 bridgehead atoms. The van der Waals surface area contributed by atoms with Crippen LogP contribution in [0, 0.1) is 5.92 Å². The molecular formula is C17H23ClN2O4S. The van der Waals surface area contributed by atoms with Crippen LogP contribution in [0.1, 0.15) is 37.3 Å². The van der Waals surface area contributed by atoms with E-state index >= 15 is 0 Å². The third-order valence-electron chi connectivity index (χ3n) is 4.94. The second-order valence-corrected chi connectivity index (χ2v) is 9.24. The number of carbonyl (C=O) groups excluding carboxylic acids is 1. The summed E-state index contributed by atoms with van der Waals surface area (Å²) in [6.07, 6.45) is 5.81. The van der Waals surface area contributed by atoms with Gasteiger partial charge < -0.3 is 9.64 Å². The van der Waals surface area contributed by atoms with Crippen LogP contribution in [-0.2, 0) is 19.4 Å². The van der Waals surface area contributed by atoms with Gasteiger partial charge in [-0.05, 0) is 31.7 Å². The molecule has 2 saturated heterocycles. The van der Waals surface area contributed by atoms with Crippen molar-refractivity contribution in [1.82, 2.24) is 9.88 Å². The molecule has 1 amide bonds. The maximum Gasteiger partial charge on any atom is 0.225 e. The highest BCUT2D eigenvalue weighted by Crippen LogP contribution is 2.32. The van der Waals surface area contributed by atoms with E-state index in [0.29, 0.717) is 37.0 Å². The molecule has 3 heterocycles. The molecule has 1 atom stereocenters. The smallest absolute Gasteiger partial charge is 0.225 e. The van der Waals surface area contributed by atoms with E-state index in [9.17, 15) is 13.2 Å². The molecule has 25 heavy (non-hydrogen) atoms. The van der Waals surface area contributed by atoms with Gasteiger partial charge in [0.1, 0.15) is 0 Å². The predicted molar refractivity (Wildman–Crippen MR) is 94.5 cm³/mol. The summed E-state index contributed by atoms with van der Waals surface area (Å²) in [4.78, 5) is 19.1. The number of likely N-dealkylation sites (tertiary alicyclic amines) is 1. The molecule has 1 aromatic heterocycles. The van der Waals surface area contributed by atoms with Crippen LogP contribution in [0.5, 0.6) is 0 Å². The van der Waals surface area contributed by atoms with Crippen molar-refractivity contribution >= 4 is 27.3 Å². The van der Waals surface area contributed by atoms with Crippen LogP contribution < -0.4 is 0 Å². The minimum atomic E-state index is -3.43. The Bertz CT molecular complexity index is 747. The first kappa shape index (κ1) is 18.6. The Balaban J connectivity index is 1.81. The Morgan fingerprint density at radius 3 is 2.72 bits per heavy atom. The number of hydrogen-bond acceptors (Lipinski definition) is 5. The Morgan fingerprint density at radius 1 is 1.32 bits per heavy atom. The lowest BCUT2D eigenvalue weighted by molar-refractivity contribution is -0.139. The van der Waals surface area contributed by atoms with E-state index in [1.54, 1.807) is 0 Å². The molecule has 2 fully saturated rings. The van der Waals surface area contributed by atoms with Crippen molar-refractivity contribution in [3.63, 3.8) is 0 Å². The first-order chi connectivity index (χ1) is 11.9. The van der Waals surface area contributed by atoms with Crippen molar-refractivity contribution < 1.29 is 17.9 Å². The second-order valence-electron chi connectivity index (χ2n) is 6.82. The van der Waals surface area contributed by atoms with Gasteiger partial charge in [-0.1, -0.05) is 11.6 Å². The summed E-state index contributed by atoms with van der Waals surface area (Å²) in [7, 11) is -3.43. The number of rotatable bonds is 3. The molecule has 0 spiro atoms. The van der Waals surface area contributed by atoms with Crippen molar-refractivity contribution in [3.05, 3.63) is 23.0 Å². The van der Waals surface area contributed by atoms with Crippen molar-refractivity contribution in [2.45, 2.75) is 36.5 Å². The first-order valence-corrected chi connectivity index (χ1v) is 10.8. The van der Waals surface area contributed by atoms with Crippen molar-refractivity contribution in [3.8, 4) is 0 Å². The number of nitrogens with zero attached hydrogens (tertiary/aromatic N) is 2. The zero-order chi connectivity index (χ0) is 18.0. The fraction of sp³-hybridized carbons (Fsp3) is 0.647. The van der Waals surface area contributed by atoms with E-state index < -0.39 is 9.84 Å². The average Bonchev–Trinajstić information content (AvgIpc) is 2.61. The van der Waals surface area contributed by atoms with E-state index in [0.717, 1.165) is 31.9 Å². The second kappa shape index (κ2) is 7.60. The number of aromatic nitrogens is 1. The van der Waals surface area contributed by atoms with Gasteiger partial charge in [-0.15, -0.1) is 0 Å². The maximum atomic E-state index is 12.8. The summed E-state index contributed by atoms with van der Waals surface area (Å²) in [6.45, 7) is 2.48. The van der Waals surface area contributed by atoms with Gasteiger partial charge in [0.05, 0.1) is 15.6 Å². The largest absolute Gasteiger partial charge is 0.381 e. The number of pyridine rings is 1. The summed E-state index contributed by atoms with van der Waals surface area (Å²) in [5, 5.41) is 0.301. The molecule has 138 valence electrons. The van der Waals surface area contributed by atoms with Gasteiger partial charge in [0, 0.05) is 50.6 Å². The molecular weight excluding hydrogens is 364 g/mol. The van der Waals surface area contributed by atoms with E-state index in [-0.39, 0.29) is 22.6 Å². The van der Waals surface area contributed by atoms with Gasteiger partial charge in [-0.2, -0.15) is 0 Å². The number of sulfone groups is 1. The SMILES string of the molecule is CS(=O)(=O)c1cc(Cl)cnc1C1CCCN(C(=O)C2CCOCC2)C1. The van der Waals surface area contributed by atoms with Gasteiger partial charge in [0.15, 0.2) is 9.84 Å². The van der Waals surface area contributed by atoms with Crippen molar-refractivity contribution in [2.24, 2.45) is 5.92 Å². The van der Waals surface area contributed by atoms with Gasteiger partial charge in [0.2, 0.25) is 5.91 Å². The van der Waals surface area contributed by atoms with Crippen molar-refractivity contribution in [1.29, 1.82) is 0 Å². The lowest BCUT2D eigenvalue weighted by atomic mass is 9.91. The summed E-state index contributed by atoms with van der Waals surface area (Å²) in [6, 6.07) is 1.46. The van der Waals surface area contributed by atoms with Crippen LogP contribution in [0.2, 0.25) is 5.02 Å². The van der Waals surface area contributed by atoms with Crippen LogP contribution in [-0.4, -0.2) is 56.8 Å². The Hall–Kier alpha value is -1.18. The maximum absolute atomic E-state index is 12.8. The normalized spacial score (nSPS) is 22.8. The number of halogens is 1. The highest BCUT2D eigenvalue weighted by atomic mass is 35.5. The molecule has 2 aliphatic rings. The number of amides is 1. The van der Waals surface area contributed by atoms with Crippen LogP contribution in [0.15, 0.2) is 17.2 Å². The fourth-order valence-electron chi connectivity index (χ4n) is 3.64. The van der Waals surface area contributed by atoms with E-state index in [1.165, 1.54) is 12.3 Å². The molecule has 1 unspecified atom stereocenters. The van der Waals surface area contributed by atoms with Gasteiger partial charge >= 0.3 is 0 Å². The molecule has 2 aliphatic heterocycles. The number of ether oxygens (including phenoxy) is 1. The number of piperidine rings is 1. The number of carbonyl (C=O) groups is 1. The molecule has 0 aromatic carbocycles. The molecule has 6 nitrogen and oxygen atoms in total. The molecule has 0 aliphatic carbocycles. The minimum absolute atomic E-state index is 0.0139. The summed E-state index contributed by atoms with van der Waals surface area (Å²) in [5.74, 6) is 0.0856. The van der Waals surface area contributed by atoms with Crippen LogP contribution in [0.3, 0.4) is 0 Å². The van der Waals surface area contributed by atoms with Crippen LogP contribution in [0.4, 0.5) is 0 Å². The molecule has 8 heteroatoms. The highest BCUT2D eigenvalue weighted by Gasteiger charge is 2.32. The molecule has 0 saturated carbocycles. The lowest BCUT2D eigenvalue weighted by Gasteiger charge is -2.36. The Labute approximate surface area is 153 Å². The quantitative estimate of drug-likeness (QED) is 0.796. The minimum Gasteiger partial charge on any atom is -0.381 e. The standard InChI is InChI=1S/C17H23ClN2O4S/c1-25(22,23)15-9-14(18)10-19-16(15)13-3-2-6-20(11-13)17(21)12-4-7-24-8-5-12/h9-10,12-13H,2-8,11H2,1H3. The average molecular weight is 387 g/mol. The van der Waals surface area contributed by atoms with Crippen molar-refractivity contribution in [2.75, 3.05) is 32.6 Å². The Kier molecular flexibility index (Phi) is 5.65. The lowest BCUT2D eigenvalue weighted by Crippen LogP contribution is -2.44. The molecule has 3 rings (SSSR count). The van der Waals surface area contributed by atoms with Crippen LogP contribution >= 0.6 is 11.6 Å². The predicted octanol–water partition coefficient (Wildman–Crippen LogP) is 2.27. The zero-order valence-electron chi connectivity index (χ0n) is 14.3. The van der Waals surface area contributed by atoms with E-state index in [2.05, 4.69) is 4.98 Å². The fourth-order valence-corrected chi connectivity index (χ4v) is 4.80. The molecule has 1 aromatic rings. The van der Waals surface area contributed by atoms with Gasteiger partial charge in [-0.25, -0.2) is 8.42 Å². The van der Waals surface area contributed by atoms with Crippen LogP contribution in [0.25, 0.3) is 0 Å². The number of hydrogen-bond donors (Lipinski definition) is 0. The third kappa shape index (κ3) is 4.33. The first-order valence-electron chi connectivity index (χ1n) is 8.58. The Morgan fingerprint density at radius 2 is 2.04 bits per heavy atom. The zero-order valence-corrected chi connectivity index (χ0v) is 15.9. The summed E-state index contributed by atoms with van der Waals surface area (Å²) in [5.41, 5.74) is 0.524. The van der Waals surface area contributed by atoms with Gasteiger partial charge in [-0.3, -0.25) is 9.78 Å². The van der Waals surface area contributed by atoms with E-state index in [4.69, 9.17) is 16.3 Å². The molecule has 0 N–H and O–H groups in total. The third-order valence-corrected chi connectivity index (χ3v) is 6.27. The highest BCUT2D eigenvalue weighted by molar-refractivity contribution is 7.90. The topological polar surface area (TPSA) is 76.6 Å². The monoisotopic (exact) mass is 386 g/mol. The summed E-state index contributed by atoms with van der Waals surface area (Å²) >= 11 is 5.94. The van der Waals surface area contributed by atoms with Gasteiger partial charge in [0.25, 0.3) is 0 Å².